The predicted octanol–water partition coefficient (Wildman–Crippen LogP) is 7.92. The zero-order chi connectivity index (χ0) is 33.0. The third kappa shape index (κ3) is 7.05. The van der Waals surface area contributed by atoms with Crippen LogP contribution in [0.5, 0.6) is 0 Å². The Bertz CT molecular complexity index is 1700. The Hall–Kier alpha value is -4.20. The number of aryl methyl sites for hydroxylation is 2. The van der Waals surface area contributed by atoms with Crippen LogP contribution in [-0.2, 0) is 31.9 Å². The van der Waals surface area contributed by atoms with E-state index >= 15 is 0 Å². The molecule has 2 aliphatic heterocycles. The van der Waals surface area contributed by atoms with E-state index in [0.717, 1.165) is 75.0 Å². The van der Waals surface area contributed by atoms with E-state index in [1.807, 2.05) is 0 Å². The van der Waals surface area contributed by atoms with Crippen LogP contribution in [0.2, 0.25) is 0 Å². The molecule has 2 aromatic rings. The highest BCUT2D eigenvalue weighted by Gasteiger charge is 2.28. The Labute approximate surface area is 267 Å². The molecule has 0 spiro atoms. The molecule has 0 saturated heterocycles. The Balaban J connectivity index is 1.77. The number of ether oxygens (including phenoxy) is 2. The molecule has 0 unspecified atom stereocenters. The monoisotopic (exact) mass is 612 g/mol. The maximum absolute atomic E-state index is 12.2. The van der Waals surface area contributed by atoms with Crippen LogP contribution in [-0.4, -0.2) is 47.5 Å². The minimum atomic E-state index is -0.247. The van der Waals surface area contributed by atoms with E-state index in [4.69, 9.17) is 19.5 Å². The van der Waals surface area contributed by atoms with E-state index in [1.54, 1.807) is 0 Å². The molecule has 2 N–H and O–H groups in total. The minimum absolute atomic E-state index is 0.247. The fraction of sp³-hybridized carbons (Fsp3) is 0.459. The van der Waals surface area contributed by atoms with Gasteiger partial charge in [0.2, 0.25) is 0 Å². The van der Waals surface area contributed by atoms with Crippen molar-refractivity contribution in [3.63, 3.8) is 0 Å². The van der Waals surface area contributed by atoms with Crippen molar-refractivity contribution in [2.45, 2.75) is 100 Å². The number of aromatic amines is 2. The van der Waals surface area contributed by atoms with Crippen LogP contribution in [0.15, 0.2) is 43.7 Å². The van der Waals surface area contributed by atoms with Crippen LogP contribution in [0, 0.1) is 27.7 Å². The molecule has 0 atom stereocenters. The summed E-state index contributed by atoms with van der Waals surface area (Å²) in [5.74, 6) is -0.494. The first-order valence-electron chi connectivity index (χ1n) is 15.9. The lowest BCUT2D eigenvalue weighted by molar-refractivity contribution is -0.141. The first kappa shape index (κ1) is 33.7. The van der Waals surface area contributed by atoms with Crippen LogP contribution < -0.4 is 0 Å². The van der Waals surface area contributed by atoms with Gasteiger partial charge in [-0.05, 0) is 124 Å². The second kappa shape index (κ2) is 14.3. The molecule has 0 bridgehead atoms. The first-order valence-corrected chi connectivity index (χ1v) is 15.9. The Morgan fingerprint density at radius 1 is 0.667 bits per heavy atom. The molecule has 45 heavy (non-hydrogen) atoms. The topological polar surface area (TPSA) is 109 Å². The number of hydrogen-bond acceptors (Lipinski definition) is 6. The van der Waals surface area contributed by atoms with Crippen molar-refractivity contribution in [1.29, 1.82) is 0 Å². The van der Waals surface area contributed by atoms with Crippen LogP contribution in [0.4, 0.5) is 0 Å². The van der Waals surface area contributed by atoms with Crippen molar-refractivity contribution in [2.24, 2.45) is 9.98 Å². The van der Waals surface area contributed by atoms with Gasteiger partial charge in [-0.3, -0.25) is 19.6 Å². The summed E-state index contributed by atoms with van der Waals surface area (Å²) < 4.78 is 9.92. The molecule has 2 aliphatic rings. The number of rotatable bonds is 12. The lowest BCUT2D eigenvalue weighted by Gasteiger charge is -2.09. The van der Waals surface area contributed by atoms with E-state index in [1.165, 1.54) is 42.2 Å². The molecule has 0 aromatic carbocycles. The van der Waals surface area contributed by atoms with E-state index in [0.29, 0.717) is 19.3 Å². The van der Waals surface area contributed by atoms with Gasteiger partial charge >= 0.3 is 11.9 Å². The first-order chi connectivity index (χ1) is 21.4. The predicted molar refractivity (Wildman–Crippen MR) is 183 cm³/mol. The standard InChI is InChI=1S/C37H48N4O4/c1-11-26-20(3)30(38-24(26)7)17-32-22(5)28(13-15-36(42)44-9)35(40-32)19-33-23(6)29(14-16-37(43)45-10)34(41-33)18-31-21(4)27(12-2)25(8)39-31/h17-18,38-39H,11-16,19H2,1-10H3/b32-17+,34-18-. The molecule has 4 heterocycles. The number of allylic oxidation sites excluding steroid dienone is 4. The second-order valence-electron chi connectivity index (χ2n) is 12.0. The number of aromatic nitrogens is 2. The maximum atomic E-state index is 12.2. The van der Waals surface area contributed by atoms with Crippen molar-refractivity contribution >= 4 is 35.5 Å². The molecule has 0 fully saturated rings. The molecular formula is C37H48N4O4. The van der Waals surface area contributed by atoms with Crippen molar-refractivity contribution in [1.82, 2.24) is 9.97 Å². The van der Waals surface area contributed by atoms with Crippen LogP contribution in [0.1, 0.15) is 105 Å². The van der Waals surface area contributed by atoms with Gasteiger partial charge in [0.1, 0.15) is 0 Å². The van der Waals surface area contributed by atoms with Gasteiger partial charge in [0.25, 0.3) is 0 Å². The third-order valence-corrected chi connectivity index (χ3v) is 9.37. The summed E-state index contributed by atoms with van der Waals surface area (Å²) in [5.41, 5.74) is 17.3. The molecule has 0 radical (unpaired) electrons. The molecule has 240 valence electrons. The average molecular weight is 613 g/mol. The number of nitrogens with one attached hydrogen (secondary N) is 2. The number of methoxy groups -OCH3 is 2. The average Bonchev–Trinajstić information content (AvgIpc) is 3.66. The summed E-state index contributed by atoms with van der Waals surface area (Å²) in [6.07, 6.45) is 8.27. The molecule has 0 saturated carbocycles. The van der Waals surface area contributed by atoms with Crippen LogP contribution >= 0.6 is 0 Å². The van der Waals surface area contributed by atoms with E-state index in [2.05, 4.69) is 77.5 Å². The summed E-state index contributed by atoms with van der Waals surface area (Å²) in [7, 11) is 2.84. The highest BCUT2D eigenvalue weighted by molar-refractivity contribution is 6.21. The van der Waals surface area contributed by atoms with Gasteiger partial charge in [-0.15, -0.1) is 0 Å². The van der Waals surface area contributed by atoms with Gasteiger partial charge < -0.3 is 19.4 Å². The van der Waals surface area contributed by atoms with E-state index in [-0.39, 0.29) is 24.8 Å². The lowest BCUT2D eigenvalue weighted by atomic mass is 9.94. The quantitative estimate of drug-likeness (QED) is 0.237. The molecule has 4 rings (SSSR count). The molecule has 8 heteroatoms. The van der Waals surface area contributed by atoms with Gasteiger partial charge in [0.15, 0.2) is 0 Å². The van der Waals surface area contributed by atoms with Crippen molar-refractivity contribution in [3.8, 4) is 0 Å². The number of H-pyrrole nitrogens is 2. The SMILES string of the molecule is CCc1c(C)[nH]c(/C=C2\N=C(CC3=N/C(=C/c4[nH]c(C)c(CC)c4C)C(C)=C3CCC(=O)OC)C(C)=C2CCC(=O)OC)c1C. The molecule has 0 aliphatic carbocycles. The lowest BCUT2D eigenvalue weighted by Crippen LogP contribution is -2.11. The number of aliphatic imine (C=N–C) groups is 2. The fourth-order valence-electron chi connectivity index (χ4n) is 6.63. The molecular weight excluding hydrogens is 564 g/mol. The van der Waals surface area contributed by atoms with Crippen LogP contribution in [0.25, 0.3) is 12.2 Å². The number of nitrogens with zero attached hydrogens (tertiary/aromatic N) is 2. The van der Waals surface area contributed by atoms with Gasteiger partial charge in [-0.2, -0.15) is 0 Å². The number of carbonyl (C=O) groups excluding carboxylic acids is 2. The molecule has 8 nitrogen and oxygen atoms in total. The minimum Gasteiger partial charge on any atom is -0.469 e. The largest absolute Gasteiger partial charge is 0.469 e. The highest BCUT2D eigenvalue weighted by atomic mass is 16.5. The van der Waals surface area contributed by atoms with E-state index in [9.17, 15) is 9.59 Å². The van der Waals surface area contributed by atoms with E-state index < -0.39 is 0 Å². The zero-order valence-electron chi connectivity index (χ0n) is 28.6. The van der Waals surface area contributed by atoms with Gasteiger partial charge in [0, 0.05) is 42.0 Å². The summed E-state index contributed by atoms with van der Waals surface area (Å²) >= 11 is 0. The van der Waals surface area contributed by atoms with Gasteiger partial charge in [0.05, 0.1) is 37.0 Å². The summed E-state index contributed by atoms with van der Waals surface area (Å²) in [6.45, 7) is 17.0. The Kier molecular flexibility index (Phi) is 10.7. The third-order valence-electron chi connectivity index (χ3n) is 9.37. The smallest absolute Gasteiger partial charge is 0.305 e. The van der Waals surface area contributed by atoms with Gasteiger partial charge in [-0.1, -0.05) is 13.8 Å². The van der Waals surface area contributed by atoms with Crippen molar-refractivity contribution in [3.05, 3.63) is 78.7 Å². The Morgan fingerprint density at radius 2 is 1.13 bits per heavy atom. The zero-order valence-corrected chi connectivity index (χ0v) is 28.6. The summed E-state index contributed by atoms with van der Waals surface area (Å²) in [4.78, 5) is 41.7. The van der Waals surface area contributed by atoms with Gasteiger partial charge in [-0.25, -0.2) is 0 Å². The maximum Gasteiger partial charge on any atom is 0.305 e. The molecule has 2 aromatic heterocycles. The van der Waals surface area contributed by atoms with Crippen molar-refractivity contribution in [2.75, 3.05) is 14.2 Å². The van der Waals surface area contributed by atoms with Crippen molar-refractivity contribution < 1.29 is 19.1 Å². The fourth-order valence-corrected chi connectivity index (χ4v) is 6.63. The van der Waals surface area contributed by atoms with Crippen LogP contribution in [0.3, 0.4) is 0 Å². The summed E-state index contributed by atoms with van der Waals surface area (Å²) in [6, 6.07) is 0. The Morgan fingerprint density at radius 3 is 1.60 bits per heavy atom. The summed E-state index contributed by atoms with van der Waals surface area (Å²) in [5, 5.41) is 0. The number of carbonyl (C=O) groups is 2. The highest BCUT2D eigenvalue weighted by Crippen LogP contribution is 2.37. The normalized spacial score (nSPS) is 16.8. The number of hydrogen-bond donors (Lipinski definition) is 2. The molecule has 0 amide bonds. The second-order valence-corrected chi connectivity index (χ2v) is 12.0. The number of esters is 2.